The van der Waals surface area contributed by atoms with Gasteiger partial charge in [0.15, 0.2) is 17.3 Å². The zero-order chi connectivity index (χ0) is 15.5. The van der Waals surface area contributed by atoms with Crippen LogP contribution < -0.4 is 9.47 Å². The standard InChI is InChI=1S/C19H18O3/c1-13-3-4-14(2)16(11-13)17(20)7-5-15-6-8-18-19(12-15)22-10-9-21-18/h3-8,11-12H,9-10H2,1-2H3/b7-5+. The van der Waals surface area contributed by atoms with Crippen LogP contribution >= 0.6 is 0 Å². The number of ether oxygens (including phenoxy) is 2. The maximum Gasteiger partial charge on any atom is 0.186 e. The van der Waals surface area contributed by atoms with Gasteiger partial charge in [0.05, 0.1) is 0 Å². The molecule has 0 aliphatic carbocycles. The van der Waals surface area contributed by atoms with Crippen molar-refractivity contribution in [3.05, 3.63) is 64.7 Å². The number of rotatable bonds is 3. The number of benzene rings is 2. The zero-order valence-electron chi connectivity index (χ0n) is 12.8. The molecule has 112 valence electrons. The molecule has 1 aliphatic rings. The Morgan fingerprint density at radius 1 is 1.00 bits per heavy atom. The predicted octanol–water partition coefficient (Wildman–Crippen LogP) is 3.97. The number of ketones is 1. The van der Waals surface area contributed by atoms with Crippen LogP contribution in [0.1, 0.15) is 27.0 Å². The molecule has 2 aromatic carbocycles. The van der Waals surface area contributed by atoms with Crippen molar-refractivity contribution in [2.75, 3.05) is 13.2 Å². The fraction of sp³-hybridized carbons (Fsp3) is 0.211. The van der Waals surface area contributed by atoms with Gasteiger partial charge >= 0.3 is 0 Å². The van der Waals surface area contributed by atoms with Crippen molar-refractivity contribution < 1.29 is 14.3 Å². The highest BCUT2D eigenvalue weighted by atomic mass is 16.6. The van der Waals surface area contributed by atoms with Gasteiger partial charge in [-0.15, -0.1) is 0 Å². The summed E-state index contributed by atoms with van der Waals surface area (Å²) in [6, 6.07) is 11.6. The van der Waals surface area contributed by atoms with Gasteiger partial charge in [0, 0.05) is 5.56 Å². The normalized spacial score (nSPS) is 13.4. The highest BCUT2D eigenvalue weighted by Gasteiger charge is 2.11. The first-order valence-electron chi connectivity index (χ1n) is 7.33. The molecule has 0 atom stereocenters. The molecule has 0 fully saturated rings. The third kappa shape index (κ3) is 3.03. The van der Waals surface area contributed by atoms with Crippen molar-refractivity contribution in [2.45, 2.75) is 13.8 Å². The van der Waals surface area contributed by atoms with Gasteiger partial charge in [-0.05, 0) is 49.2 Å². The summed E-state index contributed by atoms with van der Waals surface area (Å²) in [6.07, 6.45) is 3.41. The molecule has 0 saturated carbocycles. The predicted molar refractivity (Wildman–Crippen MR) is 86.7 cm³/mol. The molecule has 22 heavy (non-hydrogen) atoms. The summed E-state index contributed by atoms with van der Waals surface area (Å²) in [7, 11) is 0. The lowest BCUT2D eigenvalue weighted by molar-refractivity contribution is 0.104. The van der Waals surface area contributed by atoms with Crippen LogP contribution in [0, 0.1) is 13.8 Å². The molecule has 0 N–H and O–H groups in total. The Labute approximate surface area is 130 Å². The van der Waals surface area contributed by atoms with Crippen LogP contribution in [0.5, 0.6) is 11.5 Å². The summed E-state index contributed by atoms with van der Waals surface area (Å²) in [4.78, 5) is 12.3. The minimum atomic E-state index is 0.0103. The first-order valence-corrected chi connectivity index (χ1v) is 7.33. The second-order valence-corrected chi connectivity index (χ2v) is 5.42. The average Bonchev–Trinajstić information content (AvgIpc) is 2.54. The molecule has 3 heteroatoms. The van der Waals surface area contributed by atoms with Crippen LogP contribution in [-0.4, -0.2) is 19.0 Å². The molecule has 0 unspecified atom stereocenters. The summed E-state index contributed by atoms with van der Waals surface area (Å²) >= 11 is 0. The number of hydrogen-bond donors (Lipinski definition) is 0. The summed E-state index contributed by atoms with van der Waals surface area (Å²) in [5.41, 5.74) is 3.74. The summed E-state index contributed by atoms with van der Waals surface area (Å²) < 4.78 is 11.0. The van der Waals surface area contributed by atoms with Gasteiger partial charge in [0.25, 0.3) is 0 Å². The Morgan fingerprint density at radius 3 is 2.59 bits per heavy atom. The van der Waals surface area contributed by atoms with E-state index in [9.17, 15) is 4.79 Å². The third-order valence-corrected chi connectivity index (χ3v) is 3.65. The van der Waals surface area contributed by atoms with Crippen molar-refractivity contribution in [3.63, 3.8) is 0 Å². The summed E-state index contributed by atoms with van der Waals surface area (Å²) in [5, 5.41) is 0. The lowest BCUT2D eigenvalue weighted by atomic mass is 10.0. The third-order valence-electron chi connectivity index (χ3n) is 3.65. The van der Waals surface area contributed by atoms with Crippen molar-refractivity contribution in [1.82, 2.24) is 0 Å². The zero-order valence-corrected chi connectivity index (χ0v) is 12.8. The van der Waals surface area contributed by atoms with Crippen molar-refractivity contribution >= 4 is 11.9 Å². The number of fused-ring (bicyclic) bond motifs is 1. The van der Waals surface area contributed by atoms with E-state index >= 15 is 0 Å². The second kappa shape index (κ2) is 6.06. The summed E-state index contributed by atoms with van der Waals surface area (Å²) in [5.74, 6) is 1.49. The number of carbonyl (C=O) groups is 1. The Hall–Kier alpha value is -2.55. The number of hydrogen-bond acceptors (Lipinski definition) is 3. The first-order chi connectivity index (χ1) is 10.6. The molecular weight excluding hydrogens is 276 g/mol. The average molecular weight is 294 g/mol. The molecule has 0 bridgehead atoms. The molecule has 0 amide bonds. The molecule has 0 radical (unpaired) electrons. The minimum Gasteiger partial charge on any atom is -0.486 e. The lowest BCUT2D eigenvalue weighted by Crippen LogP contribution is -2.15. The van der Waals surface area contributed by atoms with Gasteiger partial charge in [-0.25, -0.2) is 0 Å². The molecular formula is C19H18O3. The Balaban J connectivity index is 1.81. The molecule has 1 heterocycles. The maximum atomic E-state index is 12.3. The van der Waals surface area contributed by atoms with Gasteiger partial charge in [-0.2, -0.15) is 0 Å². The van der Waals surface area contributed by atoms with E-state index in [2.05, 4.69) is 0 Å². The number of aryl methyl sites for hydroxylation is 2. The van der Waals surface area contributed by atoms with E-state index < -0.39 is 0 Å². The second-order valence-electron chi connectivity index (χ2n) is 5.42. The van der Waals surface area contributed by atoms with Crippen molar-refractivity contribution in [1.29, 1.82) is 0 Å². The molecule has 0 saturated heterocycles. The van der Waals surface area contributed by atoms with E-state index in [1.165, 1.54) is 0 Å². The van der Waals surface area contributed by atoms with E-state index in [0.717, 1.165) is 33.8 Å². The van der Waals surface area contributed by atoms with Crippen LogP contribution in [0.15, 0.2) is 42.5 Å². The molecule has 3 rings (SSSR count). The number of allylic oxidation sites excluding steroid dienone is 1. The van der Waals surface area contributed by atoms with Gasteiger partial charge in [-0.3, -0.25) is 4.79 Å². The molecule has 2 aromatic rings. The van der Waals surface area contributed by atoms with Crippen LogP contribution in [0.25, 0.3) is 6.08 Å². The fourth-order valence-electron chi connectivity index (χ4n) is 2.43. The smallest absolute Gasteiger partial charge is 0.186 e. The van der Waals surface area contributed by atoms with Crippen molar-refractivity contribution in [2.24, 2.45) is 0 Å². The highest BCUT2D eigenvalue weighted by Crippen LogP contribution is 2.31. The molecule has 0 aromatic heterocycles. The topological polar surface area (TPSA) is 35.5 Å². The minimum absolute atomic E-state index is 0.0103. The molecule has 1 aliphatic heterocycles. The van der Waals surface area contributed by atoms with E-state index in [1.54, 1.807) is 6.08 Å². The van der Waals surface area contributed by atoms with E-state index in [0.29, 0.717) is 13.2 Å². The molecule has 3 nitrogen and oxygen atoms in total. The van der Waals surface area contributed by atoms with Crippen molar-refractivity contribution in [3.8, 4) is 11.5 Å². The fourth-order valence-corrected chi connectivity index (χ4v) is 2.43. The summed E-state index contributed by atoms with van der Waals surface area (Å²) in [6.45, 7) is 5.07. The monoisotopic (exact) mass is 294 g/mol. The van der Waals surface area contributed by atoms with Crippen LogP contribution in [-0.2, 0) is 0 Å². The number of carbonyl (C=O) groups excluding carboxylic acids is 1. The van der Waals surface area contributed by atoms with Gasteiger partial charge in [-0.1, -0.05) is 29.8 Å². The maximum absolute atomic E-state index is 12.3. The van der Waals surface area contributed by atoms with E-state index in [-0.39, 0.29) is 5.78 Å². The van der Waals surface area contributed by atoms with E-state index in [1.807, 2.05) is 56.3 Å². The van der Waals surface area contributed by atoms with E-state index in [4.69, 9.17) is 9.47 Å². The Kier molecular flexibility index (Phi) is 3.96. The lowest BCUT2D eigenvalue weighted by Gasteiger charge is -2.18. The van der Waals surface area contributed by atoms with Gasteiger partial charge < -0.3 is 9.47 Å². The molecule has 0 spiro atoms. The largest absolute Gasteiger partial charge is 0.486 e. The Morgan fingerprint density at radius 2 is 1.77 bits per heavy atom. The highest BCUT2D eigenvalue weighted by molar-refractivity contribution is 6.07. The van der Waals surface area contributed by atoms with Gasteiger partial charge in [0.1, 0.15) is 13.2 Å². The van der Waals surface area contributed by atoms with Crippen LogP contribution in [0.3, 0.4) is 0 Å². The quantitative estimate of drug-likeness (QED) is 0.634. The first kappa shape index (κ1) is 14.4. The van der Waals surface area contributed by atoms with Crippen LogP contribution in [0.4, 0.5) is 0 Å². The SMILES string of the molecule is Cc1ccc(C)c(C(=O)/C=C/c2ccc3c(c2)OCCO3)c1. The van der Waals surface area contributed by atoms with Gasteiger partial charge in [0.2, 0.25) is 0 Å². The Bertz CT molecular complexity index is 744. The van der Waals surface area contributed by atoms with Crippen LogP contribution in [0.2, 0.25) is 0 Å².